The zero-order chi connectivity index (χ0) is 16.9. The van der Waals surface area contributed by atoms with Gasteiger partial charge in [0.1, 0.15) is 24.4 Å². The second kappa shape index (κ2) is 17.0. The summed E-state index contributed by atoms with van der Waals surface area (Å²) in [6.45, 7) is 1.18. The van der Waals surface area contributed by atoms with E-state index in [0.29, 0.717) is 0 Å². The molecule has 128 valence electrons. The van der Waals surface area contributed by atoms with Gasteiger partial charge in [0, 0.05) is 11.9 Å². The molecule has 0 radical (unpaired) electrons. The van der Waals surface area contributed by atoms with Crippen LogP contribution in [0.15, 0.2) is 0 Å². The zero-order valence-electron chi connectivity index (χ0n) is 11.2. The number of carbonyl (C=O) groups is 3. The molecule has 0 spiro atoms. The van der Waals surface area contributed by atoms with Crippen molar-refractivity contribution in [2.24, 2.45) is 0 Å². The Morgan fingerprint density at radius 3 is 1.48 bits per heavy atom. The number of hydrogen-bond acceptors (Lipinski definition) is 10. The van der Waals surface area contributed by atoms with Crippen LogP contribution in [0.1, 0.15) is 13.8 Å². The molecule has 0 saturated carbocycles. The fourth-order valence-electron chi connectivity index (χ4n) is 0.618. The van der Waals surface area contributed by atoms with Gasteiger partial charge < -0.3 is 50.1 Å². The molecule has 21 heavy (non-hydrogen) atoms. The molecule has 0 saturated heterocycles. The maximum atomic E-state index is 9.90. The molecule has 0 rings (SSSR count). The Hall–Kier alpha value is -1.10. The largest absolute Gasteiger partial charge is 2.00 e. The van der Waals surface area contributed by atoms with E-state index in [2.05, 4.69) is 0 Å². The average Bonchev–Trinajstić information content (AvgIpc) is 2.33. The molecular weight excluding hydrogens is 339 g/mol. The zero-order valence-corrected chi connectivity index (χ0v) is 12.2. The molecule has 0 fully saturated rings. The van der Waals surface area contributed by atoms with E-state index in [1.165, 1.54) is 0 Å². The van der Waals surface area contributed by atoms with E-state index in [9.17, 15) is 4.79 Å². The number of aldehydes is 1. The summed E-state index contributed by atoms with van der Waals surface area (Å²) in [5, 5.41) is 61.3. The van der Waals surface area contributed by atoms with Crippen LogP contribution in [0.2, 0.25) is 0 Å². The molecule has 11 heteroatoms. The van der Waals surface area contributed by atoms with E-state index < -0.39 is 43.0 Å². The first-order chi connectivity index (χ1) is 9.00. The third kappa shape index (κ3) is 24.3. The normalized spacial score (nSPS) is 14.4. The number of carboxylic acid groups (broad SMARTS) is 2. The van der Waals surface area contributed by atoms with E-state index in [0.717, 1.165) is 13.8 Å². The average molecular weight is 357 g/mol. The number of carboxylic acids is 2. The van der Waals surface area contributed by atoms with Crippen LogP contribution in [-0.2, 0) is 30.9 Å². The van der Waals surface area contributed by atoms with Crippen LogP contribution in [-0.4, -0.2) is 74.8 Å². The quantitative estimate of drug-likeness (QED) is 0.233. The summed E-state index contributed by atoms with van der Waals surface area (Å²) < 4.78 is 0. The number of aliphatic hydroxyl groups is 5. The van der Waals surface area contributed by atoms with Gasteiger partial charge in [0.05, 0.1) is 6.61 Å². The molecule has 0 aromatic carbocycles. The summed E-state index contributed by atoms with van der Waals surface area (Å²) in [5.74, 6) is -2.17. The van der Waals surface area contributed by atoms with Gasteiger partial charge in [-0.15, -0.1) is 0 Å². The molecular formula is C10H18NiO10. The SMILES string of the molecule is CC(=O)[O-].CC(=O)[O-].O=CC(O)C(O)C(O)C(O)CO.[Ni+2]. The Kier molecular flexibility index (Phi) is 22.7. The number of rotatable bonds is 5. The topological polar surface area (TPSA) is 198 Å². The van der Waals surface area contributed by atoms with E-state index in [4.69, 9.17) is 45.3 Å². The molecule has 10 nitrogen and oxygen atoms in total. The van der Waals surface area contributed by atoms with Crippen molar-refractivity contribution in [3.05, 3.63) is 0 Å². The Morgan fingerprint density at radius 1 is 1.00 bits per heavy atom. The molecule has 4 atom stereocenters. The van der Waals surface area contributed by atoms with Gasteiger partial charge in [-0.2, -0.15) is 0 Å². The van der Waals surface area contributed by atoms with E-state index in [1.54, 1.807) is 0 Å². The van der Waals surface area contributed by atoms with E-state index in [1.807, 2.05) is 0 Å². The van der Waals surface area contributed by atoms with Crippen LogP contribution in [0.5, 0.6) is 0 Å². The summed E-state index contributed by atoms with van der Waals surface area (Å²) in [4.78, 5) is 27.7. The molecule has 0 heterocycles. The summed E-state index contributed by atoms with van der Waals surface area (Å²) in [6.07, 6.45) is -6.84. The summed E-state index contributed by atoms with van der Waals surface area (Å²) in [5.41, 5.74) is 0. The van der Waals surface area contributed by atoms with Crippen LogP contribution < -0.4 is 10.2 Å². The van der Waals surface area contributed by atoms with Crippen molar-refractivity contribution in [1.29, 1.82) is 0 Å². The van der Waals surface area contributed by atoms with Gasteiger partial charge in [-0.3, -0.25) is 0 Å². The maximum absolute atomic E-state index is 9.90. The summed E-state index contributed by atoms with van der Waals surface area (Å²) in [7, 11) is 0. The molecule has 0 aliphatic heterocycles. The number of aliphatic hydroxyl groups excluding tert-OH is 5. The van der Waals surface area contributed by atoms with Crippen LogP contribution in [0.25, 0.3) is 0 Å². The van der Waals surface area contributed by atoms with Crippen molar-refractivity contribution in [1.82, 2.24) is 0 Å². The molecule has 0 aliphatic carbocycles. The number of carbonyl (C=O) groups excluding carboxylic acids is 3. The molecule has 5 N–H and O–H groups in total. The van der Waals surface area contributed by atoms with Crippen LogP contribution in [0.4, 0.5) is 0 Å². The van der Waals surface area contributed by atoms with Crippen molar-refractivity contribution in [3.63, 3.8) is 0 Å². The van der Waals surface area contributed by atoms with Crippen LogP contribution >= 0.6 is 0 Å². The first-order valence-electron chi connectivity index (χ1n) is 5.14. The Balaban J connectivity index is -0.000000134. The molecule has 0 aromatic heterocycles. The fourth-order valence-corrected chi connectivity index (χ4v) is 0.618. The van der Waals surface area contributed by atoms with Crippen molar-refractivity contribution < 1.29 is 66.6 Å². The minimum absolute atomic E-state index is 0. The first kappa shape index (κ1) is 28.1. The van der Waals surface area contributed by atoms with Gasteiger partial charge in [0.25, 0.3) is 0 Å². The van der Waals surface area contributed by atoms with Crippen molar-refractivity contribution in [3.8, 4) is 0 Å². The van der Waals surface area contributed by atoms with E-state index in [-0.39, 0.29) is 22.8 Å². The van der Waals surface area contributed by atoms with Crippen LogP contribution in [0.3, 0.4) is 0 Å². The van der Waals surface area contributed by atoms with Gasteiger partial charge in [0.15, 0.2) is 6.29 Å². The molecule has 0 amide bonds. The minimum Gasteiger partial charge on any atom is -0.550 e. The molecule has 0 aliphatic rings. The smallest absolute Gasteiger partial charge is 0.550 e. The Bertz CT molecular complexity index is 265. The second-order valence-corrected chi connectivity index (χ2v) is 3.34. The van der Waals surface area contributed by atoms with Gasteiger partial charge >= 0.3 is 16.5 Å². The van der Waals surface area contributed by atoms with Crippen molar-refractivity contribution >= 4 is 18.2 Å². The van der Waals surface area contributed by atoms with E-state index >= 15 is 0 Å². The van der Waals surface area contributed by atoms with Gasteiger partial charge in [0.2, 0.25) is 0 Å². The maximum Gasteiger partial charge on any atom is 2.00 e. The monoisotopic (exact) mass is 356 g/mol. The first-order valence-corrected chi connectivity index (χ1v) is 5.14. The van der Waals surface area contributed by atoms with Crippen molar-refractivity contribution in [2.45, 2.75) is 38.3 Å². The molecule has 0 bridgehead atoms. The third-order valence-corrected chi connectivity index (χ3v) is 1.42. The van der Waals surface area contributed by atoms with Gasteiger partial charge in [-0.1, -0.05) is 0 Å². The molecule has 0 aromatic rings. The van der Waals surface area contributed by atoms with Crippen molar-refractivity contribution in [2.75, 3.05) is 6.61 Å². The fraction of sp³-hybridized carbons (Fsp3) is 0.700. The van der Waals surface area contributed by atoms with Gasteiger partial charge in [-0.05, 0) is 13.8 Å². The van der Waals surface area contributed by atoms with Gasteiger partial charge in [-0.25, -0.2) is 0 Å². The molecule has 4 unspecified atom stereocenters. The summed E-state index contributed by atoms with van der Waals surface area (Å²) in [6, 6.07) is 0. The number of aliphatic carboxylic acids is 2. The Labute approximate surface area is 130 Å². The predicted molar refractivity (Wildman–Crippen MR) is 58.5 cm³/mol. The third-order valence-electron chi connectivity index (χ3n) is 1.42. The van der Waals surface area contributed by atoms with Crippen LogP contribution in [0, 0.1) is 0 Å². The standard InChI is InChI=1S/C6H12O6.2C2H4O2.Ni/c7-1-3(9)5(11)6(12)4(10)2-8;2*1-2(3)4;/h1,3-6,8-12H,2H2;2*1H3,(H,3,4);/q;;;+2/p-2. The minimum atomic E-state index is -1.79. The summed E-state index contributed by atoms with van der Waals surface area (Å²) >= 11 is 0. The Morgan fingerprint density at radius 2 is 1.29 bits per heavy atom. The second-order valence-electron chi connectivity index (χ2n) is 3.34. The number of hydrogen-bond donors (Lipinski definition) is 5. The predicted octanol–water partition coefficient (Wildman–Crippen LogP) is -5.87.